The highest BCUT2D eigenvalue weighted by molar-refractivity contribution is 5.79. The largest absolute Gasteiger partial charge is 0.348 e. The van der Waals surface area contributed by atoms with E-state index in [2.05, 4.69) is 5.32 Å². The van der Waals surface area contributed by atoms with Gasteiger partial charge in [-0.25, -0.2) is 9.37 Å². The average Bonchev–Trinajstić information content (AvgIpc) is 2.16. The van der Waals surface area contributed by atoms with E-state index in [1.54, 1.807) is 22.9 Å². The zero-order valence-corrected chi connectivity index (χ0v) is 8.99. The number of nitrogens with one attached hydrogen (secondary N) is 1. The molecule has 0 bridgehead atoms. The maximum absolute atomic E-state index is 11.4. The molecule has 4 nitrogen and oxygen atoms in total. The molecule has 1 aliphatic heterocycles. The van der Waals surface area contributed by atoms with Crippen molar-refractivity contribution in [2.45, 2.75) is 19.9 Å². The molecule has 4 heteroatoms. The van der Waals surface area contributed by atoms with E-state index in [9.17, 15) is 9.59 Å². The van der Waals surface area contributed by atoms with Crippen LogP contribution in [0.15, 0.2) is 17.7 Å². The number of amides is 1. The van der Waals surface area contributed by atoms with Crippen LogP contribution < -0.4 is 5.32 Å². The Labute approximate surface area is 89.0 Å². The third-order valence-electron chi connectivity index (χ3n) is 1.90. The fourth-order valence-corrected chi connectivity index (χ4v) is 1.33. The lowest BCUT2D eigenvalue weighted by Gasteiger charge is -2.08. The fourth-order valence-electron chi connectivity index (χ4n) is 1.33. The van der Waals surface area contributed by atoms with Gasteiger partial charge in [-0.05, 0) is 19.9 Å². The van der Waals surface area contributed by atoms with Gasteiger partial charge in [0.05, 0.1) is 0 Å². The molecule has 1 aliphatic rings. The predicted octanol–water partition coefficient (Wildman–Crippen LogP) is -0.0779. The Kier molecular flexibility index (Phi) is 4.01. The number of carbonyl (C=O) groups is 1. The molecule has 0 saturated heterocycles. The minimum absolute atomic E-state index is 0.0400. The van der Waals surface area contributed by atoms with Gasteiger partial charge in [-0.2, -0.15) is 0 Å². The Hall–Kier alpha value is -1.67. The lowest BCUT2D eigenvalue weighted by Crippen LogP contribution is -2.37. The number of allylic oxidation sites excluding steroid dienone is 1. The standard InChI is InChI=1S/C11H14N2O2/c1-9(2)12-11(15)7-13-5-3-4-10(6-13)8-14/h3-5,9H,6-7H2,1-2H3/p+1. The van der Waals surface area contributed by atoms with E-state index in [0.29, 0.717) is 12.1 Å². The minimum atomic E-state index is -0.0400. The van der Waals surface area contributed by atoms with Gasteiger partial charge in [-0.1, -0.05) is 0 Å². The number of nitrogens with zero attached hydrogens (tertiary/aromatic N) is 1. The molecule has 0 aromatic heterocycles. The normalized spacial score (nSPS) is 14.9. The van der Waals surface area contributed by atoms with Crippen molar-refractivity contribution < 1.29 is 14.2 Å². The first-order valence-electron chi connectivity index (χ1n) is 4.90. The zero-order chi connectivity index (χ0) is 11.3. The number of carbonyl (C=O) groups excluding carboxylic acids is 2. The van der Waals surface area contributed by atoms with E-state index >= 15 is 0 Å². The molecular weight excluding hydrogens is 192 g/mol. The molecule has 0 spiro atoms. The zero-order valence-electron chi connectivity index (χ0n) is 8.99. The van der Waals surface area contributed by atoms with Crippen LogP contribution in [-0.4, -0.2) is 41.8 Å². The second-order valence-corrected chi connectivity index (χ2v) is 3.76. The first kappa shape index (κ1) is 11.4. The molecule has 1 amide bonds. The molecule has 80 valence electrons. The quantitative estimate of drug-likeness (QED) is 0.520. The van der Waals surface area contributed by atoms with Crippen molar-refractivity contribution in [3.05, 3.63) is 17.7 Å². The van der Waals surface area contributed by atoms with Gasteiger partial charge in [0, 0.05) is 12.1 Å². The molecule has 0 aromatic carbocycles. The summed E-state index contributed by atoms with van der Waals surface area (Å²) >= 11 is 0. The van der Waals surface area contributed by atoms with Gasteiger partial charge in [0.25, 0.3) is 5.91 Å². The second kappa shape index (κ2) is 5.27. The highest BCUT2D eigenvalue weighted by Crippen LogP contribution is 1.97. The maximum atomic E-state index is 11.4. The molecule has 1 N–H and O–H groups in total. The maximum Gasteiger partial charge on any atom is 0.285 e. The van der Waals surface area contributed by atoms with Crippen LogP contribution in [0.1, 0.15) is 13.8 Å². The van der Waals surface area contributed by atoms with Crippen molar-refractivity contribution in [1.29, 1.82) is 0 Å². The van der Waals surface area contributed by atoms with Crippen molar-refractivity contribution in [1.82, 2.24) is 5.32 Å². The molecule has 1 heterocycles. The van der Waals surface area contributed by atoms with Crippen molar-refractivity contribution in [2.75, 3.05) is 13.1 Å². The van der Waals surface area contributed by atoms with Crippen LogP contribution in [0.2, 0.25) is 0 Å². The lowest BCUT2D eigenvalue weighted by atomic mass is 10.2. The van der Waals surface area contributed by atoms with E-state index in [4.69, 9.17) is 0 Å². The van der Waals surface area contributed by atoms with E-state index in [1.807, 2.05) is 19.8 Å². The van der Waals surface area contributed by atoms with Crippen LogP contribution in [0.5, 0.6) is 0 Å². The Bertz CT molecular complexity index is 361. The summed E-state index contributed by atoms with van der Waals surface area (Å²) in [6.07, 6.45) is 5.23. The van der Waals surface area contributed by atoms with Gasteiger partial charge in [-0.15, -0.1) is 0 Å². The number of hydrogen-bond acceptors (Lipinski definition) is 2. The summed E-state index contributed by atoms with van der Waals surface area (Å²) in [4.78, 5) is 21.8. The van der Waals surface area contributed by atoms with Gasteiger partial charge in [0.2, 0.25) is 6.54 Å². The van der Waals surface area contributed by atoms with Crippen LogP contribution >= 0.6 is 0 Å². The average molecular weight is 207 g/mol. The highest BCUT2D eigenvalue weighted by atomic mass is 16.2. The summed E-state index contributed by atoms with van der Waals surface area (Å²) in [6.45, 7) is 4.54. The van der Waals surface area contributed by atoms with E-state index in [-0.39, 0.29) is 18.5 Å². The molecule has 0 atom stereocenters. The van der Waals surface area contributed by atoms with Crippen LogP contribution in [-0.2, 0) is 9.59 Å². The summed E-state index contributed by atoms with van der Waals surface area (Å²) < 4.78 is 1.78. The number of rotatable bonds is 3. The van der Waals surface area contributed by atoms with Gasteiger partial charge >= 0.3 is 0 Å². The van der Waals surface area contributed by atoms with Gasteiger partial charge in [-0.3, -0.25) is 4.79 Å². The van der Waals surface area contributed by atoms with Crippen molar-refractivity contribution in [2.24, 2.45) is 0 Å². The smallest absolute Gasteiger partial charge is 0.285 e. The summed E-state index contributed by atoms with van der Waals surface area (Å²) in [5.41, 5.74) is 0.565. The third kappa shape index (κ3) is 3.92. The van der Waals surface area contributed by atoms with Crippen LogP contribution in [0, 0.1) is 0 Å². The Morgan fingerprint density at radius 3 is 3.00 bits per heavy atom. The van der Waals surface area contributed by atoms with Gasteiger partial charge < -0.3 is 5.32 Å². The molecule has 15 heavy (non-hydrogen) atoms. The molecule has 0 saturated carbocycles. The molecule has 1 rings (SSSR count). The van der Waals surface area contributed by atoms with Crippen LogP contribution in [0.3, 0.4) is 0 Å². The van der Waals surface area contributed by atoms with E-state index < -0.39 is 0 Å². The second-order valence-electron chi connectivity index (χ2n) is 3.76. The molecule has 0 radical (unpaired) electrons. The van der Waals surface area contributed by atoms with Crippen LogP contribution in [0.25, 0.3) is 0 Å². The Balaban J connectivity index is 2.53. The lowest BCUT2D eigenvalue weighted by molar-refractivity contribution is -0.503. The number of hydrogen-bond donors (Lipinski definition) is 1. The van der Waals surface area contributed by atoms with Crippen molar-refractivity contribution in [3.8, 4) is 0 Å². The summed E-state index contributed by atoms with van der Waals surface area (Å²) in [6, 6.07) is 0.138. The topological polar surface area (TPSA) is 49.2 Å². The highest BCUT2D eigenvalue weighted by Gasteiger charge is 2.15. The molecule has 0 fully saturated rings. The molecule has 0 unspecified atom stereocenters. The Morgan fingerprint density at radius 2 is 2.40 bits per heavy atom. The SMILES string of the molecule is CC(C)NC(=O)C[N+]1=CC=CC(=C=O)C1. The van der Waals surface area contributed by atoms with Crippen molar-refractivity contribution in [3.63, 3.8) is 0 Å². The predicted molar refractivity (Wildman–Crippen MR) is 57.7 cm³/mol. The first-order chi connectivity index (χ1) is 7.11. The minimum Gasteiger partial charge on any atom is -0.348 e. The summed E-state index contributed by atoms with van der Waals surface area (Å²) in [5.74, 6) is 1.79. The summed E-state index contributed by atoms with van der Waals surface area (Å²) in [5, 5.41) is 2.79. The van der Waals surface area contributed by atoms with Gasteiger partial charge in [0.1, 0.15) is 11.5 Å². The fraction of sp³-hybridized carbons (Fsp3) is 0.455. The monoisotopic (exact) mass is 207 g/mol. The Morgan fingerprint density at radius 1 is 1.67 bits per heavy atom. The third-order valence-corrected chi connectivity index (χ3v) is 1.90. The van der Waals surface area contributed by atoms with Gasteiger partial charge in [0.15, 0.2) is 12.8 Å². The molecule has 0 aliphatic carbocycles. The van der Waals surface area contributed by atoms with Crippen LogP contribution in [0.4, 0.5) is 0 Å². The molecular formula is C11H15N2O2+. The molecule has 0 aromatic rings. The van der Waals surface area contributed by atoms with E-state index in [0.717, 1.165) is 0 Å². The first-order valence-corrected chi connectivity index (χ1v) is 4.90. The van der Waals surface area contributed by atoms with Crippen molar-refractivity contribution >= 4 is 18.1 Å². The summed E-state index contributed by atoms with van der Waals surface area (Å²) in [7, 11) is 0. The van der Waals surface area contributed by atoms with E-state index in [1.165, 1.54) is 0 Å².